The van der Waals surface area contributed by atoms with Crippen LogP contribution < -0.4 is 0 Å². The molecule has 0 aliphatic heterocycles. The van der Waals surface area contributed by atoms with Crippen molar-refractivity contribution >= 4 is 28.1 Å². The van der Waals surface area contributed by atoms with Crippen molar-refractivity contribution in [2.24, 2.45) is 7.05 Å². The maximum absolute atomic E-state index is 12.9. The number of halogens is 4. The zero-order chi connectivity index (χ0) is 21.6. The summed E-state index contributed by atoms with van der Waals surface area (Å²) in [5.41, 5.74) is 3.25. The highest BCUT2D eigenvalue weighted by molar-refractivity contribution is 6.30. The van der Waals surface area contributed by atoms with E-state index in [0.717, 1.165) is 33.9 Å². The number of hydrogen-bond acceptors (Lipinski definition) is 2. The molecule has 0 spiro atoms. The molecule has 0 unspecified atom stereocenters. The zero-order valence-corrected chi connectivity index (χ0v) is 17.1. The molecule has 0 bridgehead atoms. The van der Waals surface area contributed by atoms with Gasteiger partial charge in [0.25, 0.3) is 0 Å². The van der Waals surface area contributed by atoms with Gasteiger partial charge in [-0.3, -0.25) is 0 Å². The highest BCUT2D eigenvalue weighted by Gasteiger charge is 2.34. The maximum atomic E-state index is 12.9. The molecule has 154 valence electrons. The number of aryl methyl sites for hydroxylation is 1. The Morgan fingerprint density at radius 1 is 1.13 bits per heavy atom. The summed E-state index contributed by atoms with van der Waals surface area (Å²) in [6.07, 6.45) is -1.52. The number of pyridine rings is 1. The largest absolute Gasteiger partial charge is 0.434 e. The summed E-state index contributed by atoms with van der Waals surface area (Å²) in [6, 6.07) is 11.1. The lowest BCUT2D eigenvalue weighted by atomic mass is 10.1. The van der Waals surface area contributed by atoms with Gasteiger partial charge >= 0.3 is 6.18 Å². The number of imidazole rings is 1. The summed E-state index contributed by atoms with van der Waals surface area (Å²) in [5, 5.41) is 1.36. The van der Waals surface area contributed by atoms with Gasteiger partial charge in [-0.2, -0.15) is 13.2 Å². The van der Waals surface area contributed by atoms with Gasteiger partial charge in [-0.1, -0.05) is 42.4 Å². The Balaban J connectivity index is 1.64. The van der Waals surface area contributed by atoms with E-state index in [2.05, 4.69) is 16.5 Å². The maximum Gasteiger partial charge on any atom is 0.434 e. The summed E-state index contributed by atoms with van der Waals surface area (Å²) in [5.74, 6) is 0.268. The van der Waals surface area contributed by atoms with Crippen molar-refractivity contribution in [2.75, 3.05) is 0 Å². The van der Waals surface area contributed by atoms with E-state index in [1.54, 1.807) is 19.2 Å². The third-order valence-electron chi connectivity index (χ3n) is 4.87. The first-order valence-corrected chi connectivity index (χ1v) is 9.52. The predicted octanol–water partition coefficient (Wildman–Crippen LogP) is 6.19. The predicted molar refractivity (Wildman–Crippen MR) is 112 cm³/mol. The van der Waals surface area contributed by atoms with Gasteiger partial charge < -0.3 is 9.13 Å². The third kappa shape index (κ3) is 3.73. The minimum atomic E-state index is -4.47. The smallest absolute Gasteiger partial charge is 0.343 e. The standard InChI is InChI=1S/C22H18ClF3N4/c1-13(2)20-16-8-9-30(17(16)10-19(23)28-20)11-14-4-6-15(7-5-14)21-27-18(12-29(21)3)22(24,25)26/h4-10,12H,1,11H2,2-3H3. The Kier molecular flexibility index (Phi) is 4.94. The van der Waals surface area contributed by atoms with Crippen LogP contribution in [0.2, 0.25) is 5.15 Å². The van der Waals surface area contributed by atoms with E-state index in [1.165, 1.54) is 4.57 Å². The van der Waals surface area contributed by atoms with Crippen LogP contribution in [0.5, 0.6) is 0 Å². The van der Waals surface area contributed by atoms with Gasteiger partial charge in [-0.25, -0.2) is 9.97 Å². The molecule has 4 rings (SSSR count). The molecule has 0 saturated carbocycles. The van der Waals surface area contributed by atoms with Crippen molar-refractivity contribution in [3.63, 3.8) is 0 Å². The van der Waals surface area contributed by atoms with Crippen molar-refractivity contribution in [1.82, 2.24) is 19.1 Å². The Labute approximate surface area is 176 Å². The topological polar surface area (TPSA) is 35.6 Å². The van der Waals surface area contributed by atoms with Crippen LogP contribution in [0.1, 0.15) is 23.9 Å². The van der Waals surface area contributed by atoms with Gasteiger partial charge in [0.15, 0.2) is 5.69 Å². The number of hydrogen-bond donors (Lipinski definition) is 0. The number of fused-ring (bicyclic) bond motifs is 1. The van der Waals surface area contributed by atoms with E-state index >= 15 is 0 Å². The lowest BCUT2D eigenvalue weighted by Gasteiger charge is -2.09. The van der Waals surface area contributed by atoms with Gasteiger partial charge in [0.2, 0.25) is 0 Å². The minimum absolute atomic E-state index is 0.268. The van der Waals surface area contributed by atoms with E-state index in [9.17, 15) is 13.2 Å². The molecule has 0 aliphatic rings. The van der Waals surface area contributed by atoms with Gasteiger partial charge in [0.05, 0.1) is 11.2 Å². The SMILES string of the molecule is C=C(C)c1nc(Cl)cc2c1ccn2Cc1ccc(-c2nc(C(F)(F)F)cn2C)cc1. The summed E-state index contributed by atoms with van der Waals surface area (Å²) < 4.78 is 42.2. The Hall–Kier alpha value is -3.06. The van der Waals surface area contributed by atoms with Crippen molar-refractivity contribution < 1.29 is 13.2 Å². The molecule has 0 fully saturated rings. The van der Waals surface area contributed by atoms with Crippen molar-refractivity contribution in [2.45, 2.75) is 19.6 Å². The van der Waals surface area contributed by atoms with Gasteiger partial charge in [-0.05, 0) is 30.2 Å². The molecule has 0 aliphatic carbocycles. The molecule has 0 amide bonds. The van der Waals surface area contributed by atoms with E-state index < -0.39 is 11.9 Å². The van der Waals surface area contributed by atoms with E-state index in [4.69, 9.17) is 11.6 Å². The van der Waals surface area contributed by atoms with Crippen LogP contribution in [0.25, 0.3) is 27.9 Å². The van der Waals surface area contributed by atoms with Gasteiger partial charge in [0, 0.05) is 36.9 Å². The average molecular weight is 431 g/mol. The molecule has 0 atom stereocenters. The third-order valence-corrected chi connectivity index (χ3v) is 5.07. The monoisotopic (exact) mass is 430 g/mol. The van der Waals surface area contributed by atoms with Crippen molar-refractivity contribution in [3.05, 3.63) is 77.5 Å². The zero-order valence-electron chi connectivity index (χ0n) is 16.3. The fourth-order valence-corrected chi connectivity index (χ4v) is 3.64. The quantitative estimate of drug-likeness (QED) is 0.362. The second kappa shape index (κ2) is 7.32. The van der Waals surface area contributed by atoms with E-state index in [0.29, 0.717) is 17.3 Å². The molecule has 1 aromatic carbocycles. The molecule has 0 saturated heterocycles. The molecule has 0 radical (unpaired) electrons. The molecular weight excluding hydrogens is 413 g/mol. The van der Waals surface area contributed by atoms with Crippen molar-refractivity contribution in [1.29, 1.82) is 0 Å². The Bertz CT molecular complexity index is 1250. The summed E-state index contributed by atoms with van der Waals surface area (Å²) >= 11 is 6.18. The van der Waals surface area contributed by atoms with Crippen LogP contribution in [0.4, 0.5) is 13.2 Å². The van der Waals surface area contributed by atoms with Crippen LogP contribution in [0, 0.1) is 0 Å². The number of alkyl halides is 3. The number of nitrogens with zero attached hydrogens (tertiary/aromatic N) is 4. The summed E-state index contributed by atoms with van der Waals surface area (Å²) in [4.78, 5) is 8.09. The number of benzene rings is 1. The van der Waals surface area contributed by atoms with Gasteiger partial charge in [0.1, 0.15) is 11.0 Å². The highest BCUT2D eigenvalue weighted by Crippen LogP contribution is 2.31. The van der Waals surface area contributed by atoms with Crippen LogP contribution in [0.3, 0.4) is 0 Å². The Morgan fingerprint density at radius 3 is 2.43 bits per heavy atom. The first-order chi connectivity index (χ1) is 14.1. The minimum Gasteiger partial charge on any atom is -0.343 e. The molecule has 4 nitrogen and oxygen atoms in total. The van der Waals surface area contributed by atoms with Crippen molar-refractivity contribution in [3.8, 4) is 11.4 Å². The number of aromatic nitrogens is 4. The van der Waals surface area contributed by atoms with Crippen LogP contribution in [0.15, 0.2) is 55.4 Å². The second-order valence-corrected chi connectivity index (χ2v) is 7.59. The van der Waals surface area contributed by atoms with E-state index in [-0.39, 0.29) is 5.82 Å². The van der Waals surface area contributed by atoms with Crippen LogP contribution >= 0.6 is 11.6 Å². The van der Waals surface area contributed by atoms with Crippen LogP contribution in [-0.2, 0) is 19.8 Å². The lowest BCUT2D eigenvalue weighted by molar-refractivity contribution is -0.140. The Morgan fingerprint density at radius 2 is 1.83 bits per heavy atom. The van der Waals surface area contributed by atoms with E-state index in [1.807, 2.05) is 42.0 Å². The summed E-state index contributed by atoms with van der Waals surface area (Å²) in [7, 11) is 1.55. The number of allylic oxidation sites excluding steroid dienone is 1. The lowest BCUT2D eigenvalue weighted by Crippen LogP contribution is -2.04. The fraction of sp³-hybridized carbons (Fsp3) is 0.182. The first kappa shape index (κ1) is 20.2. The first-order valence-electron chi connectivity index (χ1n) is 9.14. The molecule has 8 heteroatoms. The average Bonchev–Trinajstić information content (AvgIpc) is 3.25. The number of rotatable bonds is 4. The molecule has 30 heavy (non-hydrogen) atoms. The molecule has 3 aromatic heterocycles. The molecule has 4 aromatic rings. The molecular formula is C22H18ClF3N4. The highest BCUT2D eigenvalue weighted by atomic mass is 35.5. The normalized spacial score (nSPS) is 11.9. The second-order valence-electron chi connectivity index (χ2n) is 7.21. The summed E-state index contributed by atoms with van der Waals surface area (Å²) in [6.45, 7) is 6.43. The van der Waals surface area contributed by atoms with Gasteiger partial charge in [-0.15, -0.1) is 0 Å². The molecule has 3 heterocycles. The fourth-order valence-electron chi connectivity index (χ4n) is 3.45. The van der Waals surface area contributed by atoms with Crippen LogP contribution in [-0.4, -0.2) is 19.1 Å². The molecule has 0 N–H and O–H groups in total.